The van der Waals surface area contributed by atoms with E-state index in [0.29, 0.717) is 5.92 Å². The lowest BCUT2D eigenvalue weighted by atomic mass is 9.90. The number of nitrogens with one attached hydrogen (secondary N) is 3. The highest BCUT2D eigenvalue weighted by molar-refractivity contribution is 5.81. The molecule has 0 aromatic heterocycles. The molecule has 1 rings (SSSR count). The lowest BCUT2D eigenvalue weighted by Crippen LogP contribution is -2.49. The lowest BCUT2D eigenvalue weighted by molar-refractivity contribution is -0.124. The Hall–Kier alpha value is -0.610. The molecule has 13 heavy (non-hydrogen) atoms. The van der Waals surface area contributed by atoms with Crippen molar-refractivity contribution < 1.29 is 4.79 Å². The molecular formula is C9H19N3O. The summed E-state index contributed by atoms with van der Waals surface area (Å²) in [6, 6.07) is -0.0212. The maximum absolute atomic E-state index is 11.4. The minimum Gasteiger partial charge on any atom is -0.358 e. The molecule has 0 bridgehead atoms. The molecule has 1 heterocycles. The molecule has 76 valence electrons. The van der Waals surface area contributed by atoms with Crippen molar-refractivity contribution in [2.24, 2.45) is 5.92 Å². The summed E-state index contributed by atoms with van der Waals surface area (Å²) < 4.78 is 0. The molecule has 4 heteroatoms. The van der Waals surface area contributed by atoms with E-state index in [2.05, 4.69) is 16.0 Å². The Morgan fingerprint density at radius 1 is 1.38 bits per heavy atom. The van der Waals surface area contributed by atoms with Crippen LogP contribution in [-0.4, -0.2) is 39.1 Å². The zero-order chi connectivity index (χ0) is 9.68. The van der Waals surface area contributed by atoms with E-state index in [1.807, 2.05) is 7.05 Å². The molecule has 4 nitrogen and oxygen atoms in total. The van der Waals surface area contributed by atoms with Crippen LogP contribution in [0.5, 0.6) is 0 Å². The molecule has 3 N–H and O–H groups in total. The van der Waals surface area contributed by atoms with E-state index >= 15 is 0 Å². The highest BCUT2D eigenvalue weighted by Crippen LogP contribution is 2.16. The highest BCUT2D eigenvalue weighted by Gasteiger charge is 2.26. The van der Waals surface area contributed by atoms with Gasteiger partial charge in [-0.15, -0.1) is 0 Å². The van der Waals surface area contributed by atoms with Gasteiger partial charge in [-0.2, -0.15) is 0 Å². The van der Waals surface area contributed by atoms with Gasteiger partial charge in [0.2, 0.25) is 5.91 Å². The molecule has 0 saturated carbocycles. The van der Waals surface area contributed by atoms with Crippen LogP contribution < -0.4 is 16.0 Å². The summed E-state index contributed by atoms with van der Waals surface area (Å²) in [4.78, 5) is 11.4. The molecule has 1 atom stereocenters. The minimum atomic E-state index is -0.0212. The predicted molar refractivity (Wildman–Crippen MR) is 52.5 cm³/mol. The zero-order valence-electron chi connectivity index (χ0n) is 8.39. The third kappa shape index (κ3) is 2.67. The molecule has 0 aromatic carbocycles. The first-order valence-corrected chi connectivity index (χ1v) is 4.89. The number of hydrogen-bond acceptors (Lipinski definition) is 3. The van der Waals surface area contributed by atoms with Crippen molar-refractivity contribution in [2.75, 3.05) is 27.2 Å². The number of rotatable bonds is 3. The monoisotopic (exact) mass is 185 g/mol. The Bertz CT molecular complexity index is 166. The summed E-state index contributed by atoms with van der Waals surface area (Å²) in [6.07, 6.45) is 2.16. The normalized spacial score (nSPS) is 21.1. The van der Waals surface area contributed by atoms with E-state index in [0.717, 1.165) is 25.9 Å². The third-order valence-corrected chi connectivity index (χ3v) is 2.70. The van der Waals surface area contributed by atoms with Gasteiger partial charge in [0.1, 0.15) is 0 Å². The van der Waals surface area contributed by atoms with Crippen LogP contribution in [0, 0.1) is 5.92 Å². The SMILES string of the molecule is CNC(=O)C(NC)C1CCNCC1. The summed E-state index contributed by atoms with van der Waals surface area (Å²) in [5.74, 6) is 0.584. The molecular weight excluding hydrogens is 166 g/mol. The molecule has 1 fully saturated rings. The second-order valence-electron chi connectivity index (χ2n) is 3.47. The van der Waals surface area contributed by atoms with Crippen LogP contribution in [0.4, 0.5) is 0 Å². The van der Waals surface area contributed by atoms with Crippen LogP contribution in [-0.2, 0) is 4.79 Å². The van der Waals surface area contributed by atoms with Gasteiger partial charge in [0.25, 0.3) is 0 Å². The number of carbonyl (C=O) groups is 1. The van der Waals surface area contributed by atoms with E-state index < -0.39 is 0 Å². The Labute approximate surface area is 79.5 Å². The van der Waals surface area contributed by atoms with Gasteiger partial charge in [0, 0.05) is 7.05 Å². The van der Waals surface area contributed by atoms with Gasteiger partial charge in [-0.25, -0.2) is 0 Å². The van der Waals surface area contributed by atoms with Crippen LogP contribution in [0.3, 0.4) is 0 Å². The number of piperidine rings is 1. The van der Waals surface area contributed by atoms with E-state index in [-0.39, 0.29) is 11.9 Å². The van der Waals surface area contributed by atoms with Crippen LogP contribution in [0.25, 0.3) is 0 Å². The fraction of sp³-hybridized carbons (Fsp3) is 0.889. The lowest BCUT2D eigenvalue weighted by Gasteiger charge is -2.29. The van der Waals surface area contributed by atoms with Crippen molar-refractivity contribution in [3.05, 3.63) is 0 Å². The number of hydrogen-bond donors (Lipinski definition) is 3. The van der Waals surface area contributed by atoms with Gasteiger partial charge < -0.3 is 16.0 Å². The fourth-order valence-electron chi connectivity index (χ4n) is 1.91. The van der Waals surface area contributed by atoms with Gasteiger partial charge in [-0.3, -0.25) is 4.79 Å². The van der Waals surface area contributed by atoms with Gasteiger partial charge in [0.15, 0.2) is 0 Å². The van der Waals surface area contributed by atoms with E-state index in [4.69, 9.17) is 0 Å². The third-order valence-electron chi connectivity index (χ3n) is 2.70. The zero-order valence-corrected chi connectivity index (χ0v) is 8.39. The molecule has 0 aromatic rings. The number of amides is 1. The maximum Gasteiger partial charge on any atom is 0.237 e. The first-order valence-electron chi connectivity index (χ1n) is 4.89. The fourth-order valence-corrected chi connectivity index (χ4v) is 1.91. The van der Waals surface area contributed by atoms with E-state index in [1.54, 1.807) is 7.05 Å². The molecule has 0 spiro atoms. The van der Waals surface area contributed by atoms with E-state index in [9.17, 15) is 4.79 Å². The molecule has 1 aliphatic heterocycles. The summed E-state index contributed by atoms with van der Waals surface area (Å²) in [5.41, 5.74) is 0. The summed E-state index contributed by atoms with van der Waals surface area (Å²) in [6.45, 7) is 2.06. The van der Waals surface area contributed by atoms with Crippen LogP contribution in [0.1, 0.15) is 12.8 Å². The van der Waals surface area contributed by atoms with Crippen molar-refractivity contribution >= 4 is 5.91 Å². The average molecular weight is 185 g/mol. The first-order chi connectivity index (χ1) is 6.29. The summed E-state index contributed by atoms with van der Waals surface area (Å²) >= 11 is 0. The van der Waals surface area contributed by atoms with E-state index in [1.165, 1.54) is 0 Å². The molecule has 1 unspecified atom stereocenters. The number of carbonyl (C=O) groups excluding carboxylic acids is 1. The number of likely N-dealkylation sites (N-methyl/N-ethyl adjacent to an activating group) is 2. The molecule has 0 aliphatic carbocycles. The minimum absolute atomic E-state index is 0.0212. The van der Waals surface area contributed by atoms with Crippen molar-refractivity contribution in [1.29, 1.82) is 0 Å². The van der Waals surface area contributed by atoms with Gasteiger partial charge in [-0.1, -0.05) is 0 Å². The second kappa shape index (κ2) is 5.19. The molecule has 1 aliphatic rings. The molecule has 1 amide bonds. The molecule has 0 radical (unpaired) electrons. The summed E-state index contributed by atoms with van der Waals surface area (Å²) in [7, 11) is 3.54. The quantitative estimate of drug-likeness (QED) is 0.546. The Balaban J connectivity index is 2.48. The van der Waals surface area contributed by atoms with Gasteiger partial charge in [0.05, 0.1) is 6.04 Å². The van der Waals surface area contributed by atoms with Crippen LogP contribution in [0.2, 0.25) is 0 Å². The van der Waals surface area contributed by atoms with Crippen molar-refractivity contribution in [1.82, 2.24) is 16.0 Å². The van der Waals surface area contributed by atoms with Crippen molar-refractivity contribution in [3.8, 4) is 0 Å². The van der Waals surface area contributed by atoms with Crippen LogP contribution >= 0.6 is 0 Å². The first kappa shape index (κ1) is 10.5. The van der Waals surface area contributed by atoms with Gasteiger partial charge in [-0.05, 0) is 38.9 Å². The average Bonchev–Trinajstić information content (AvgIpc) is 2.20. The van der Waals surface area contributed by atoms with Crippen molar-refractivity contribution in [3.63, 3.8) is 0 Å². The Morgan fingerprint density at radius 2 is 2.00 bits per heavy atom. The molecule has 1 saturated heterocycles. The smallest absolute Gasteiger partial charge is 0.237 e. The Morgan fingerprint density at radius 3 is 2.46 bits per heavy atom. The second-order valence-corrected chi connectivity index (χ2v) is 3.47. The highest BCUT2D eigenvalue weighted by atomic mass is 16.2. The maximum atomic E-state index is 11.4. The predicted octanol–water partition coefficient (Wildman–Crippen LogP) is -0.680. The van der Waals surface area contributed by atoms with Crippen molar-refractivity contribution in [2.45, 2.75) is 18.9 Å². The van der Waals surface area contributed by atoms with Crippen LogP contribution in [0.15, 0.2) is 0 Å². The topological polar surface area (TPSA) is 53.2 Å². The standard InChI is InChI=1S/C9H19N3O/c1-10-8(9(13)11-2)7-3-5-12-6-4-7/h7-8,10,12H,3-6H2,1-2H3,(H,11,13). The Kier molecular flexibility index (Phi) is 4.18. The van der Waals surface area contributed by atoms with Gasteiger partial charge >= 0.3 is 0 Å². The summed E-state index contributed by atoms with van der Waals surface area (Å²) in [5, 5.41) is 9.07. The largest absolute Gasteiger partial charge is 0.358 e.